The Kier molecular flexibility index (Phi) is 5.64. The van der Waals surface area contributed by atoms with E-state index in [-0.39, 0.29) is 16.8 Å². The molecule has 0 spiro atoms. The molecular weight excluding hydrogens is 450 g/mol. The van der Waals surface area contributed by atoms with Gasteiger partial charge in [0.25, 0.3) is 5.56 Å². The lowest BCUT2D eigenvalue weighted by atomic mass is 10.1. The lowest BCUT2D eigenvalue weighted by molar-refractivity contribution is 0.307. The van der Waals surface area contributed by atoms with Crippen LogP contribution in [-0.4, -0.2) is 19.2 Å². The predicted molar refractivity (Wildman–Crippen MR) is 129 cm³/mol. The number of aromatic nitrogens is 4. The highest BCUT2D eigenvalue weighted by molar-refractivity contribution is 5.65. The Labute approximate surface area is 200 Å². The van der Waals surface area contributed by atoms with E-state index in [1.807, 2.05) is 31.2 Å². The molecule has 3 aromatic heterocycles. The number of ether oxygens (including phenoxy) is 1. The van der Waals surface area contributed by atoms with Gasteiger partial charge in [0.2, 0.25) is 0 Å². The van der Waals surface area contributed by atoms with Crippen molar-refractivity contribution in [3.05, 3.63) is 111 Å². The third-order valence-corrected chi connectivity index (χ3v) is 5.76. The van der Waals surface area contributed by atoms with E-state index < -0.39 is 11.6 Å². The Bertz CT molecular complexity index is 1640. The highest BCUT2D eigenvalue weighted by Crippen LogP contribution is 2.25. The van der Waals surface area contributed by atoms with E-state index in [4.69, 9.17) is 4.74 Å². The van der Waals surface area contributed by atoms with Crippen molar-refractivity contribution >= 4 is 5.65 Å². The maximum Gasteiger partial charge on any atom is 0.267 e. The lowest BCUT2D eigenvalue weighted by Gasteiger charge is -2.12. The SMILES string of the molecule is Cc1cccc(COc2cccn3c(=O)c(-c4cc(C)n(-c5cc(F)ccc5F)n4)c(C)nc23)c1. The zero-order chi connectivity index (χ0) is 24.7. The summed E-state index contributed by atoms with van der Waals surface area (Å²) in [5.41, 5.74) is 3.75. The van der Waals surface area contributed by atoms with Crippen molar-refractivity contribution in [2.75, 3.05) is 0 Å². The third-order valence-electron chi connectivity index (χ3n) is 5.76. The standard InChI is InChI=1S/C27H22F2N4O2/c1-16-6-4-7-19(12-16)15-35-24-8-5-11-32-26(24)30-18(3)25(27(32)34)22-13-17(2)33(31-22)23-14-20(28)9-10-21(23)29/h4-14H,15H2,1-3H3. The number of aryl methyl sites for hydroxylation is 3. The summed E-state index contributed by atoms with van der Waals surface area (Å²) in [6, 6.07) is 16.3. The van der Waals surface area contributed by atoms with E-state index in [9.17, 15) is 13.6 Å². The van der Waals surface area contributed by atoms with E-state index in [1.165, 1.54) is 9.08 Å². The van der Waals surface area contributed by atoms with Crippen LogP contribution in [0.3, 0.4) is 0 Å². The molecular formula is C27H22F2N4O2. The van der Waals surface area contributed by atoms with Crippen LogP contribution >= 0.6 is 0 Å². The van der Waals surface area contributed by atoms with Crippen LogP contribution in [0.4, 0.5) is 8.78 Å². The summed E-state index contributed by atoms with van der Waals surface area (Å²) >= 11 is 0. The Morgan fingerprint density at radius 2 is 1.80 bits per heavy atom. The van der Waals surface area contributed by atoms with E-state index in [1.54, 1.807) is 38.2 Å². The summed E-state index contributed by atoms with van der Waals surface area (Å²) in [4.78, 5) is 18.1. The fourth-order valence-corrected chi connectivity index (χ4v) is 4.10. The second-order valence-electron chi connectivity index (χ2n) is 8.40. The van der Waals surface area contributed by atoms with E-state index >= 15 is 0 Å². The van der Waals surface area contributed by atoms with Gasteiger partial charge < -0.3 is 4.74 Å². The molecule has 5 rings (SSSR count). The van der Waals surface area contributed by atoms with Gasteiger partial charge in [-0.2, -0.15) is 5.10 Å². The Morgan fingerprint density at radius 1 is 0.971 bits per heavy atom. The van der Waals surface area contributed by atoms with Gasteiger partial charge in [0.05, 0.1) is 11.3 Å². The highest BCUT2D eigenvalue weighted by Gasteiger charge is 2.19. The van der Waals surface area contributed by atoms with Crippen molar-refractivity contribution in [3.8, 4) is 22.7 Å². The summed E-state index contributed by atoms with van der Waals surface area (Å²) in [6.07, 6.45) is 1.61. The number of pyridine rings is 1. The first-order valence-electron chi connectivity index (χ1n) is 11.0. The molecule has 0 bridgehead atoms. The topological polar surface area (TPSA) is 61.4 Å². The van der Waals surface area contributed by atoms with Gasteiger partial charge in [0.1, 0.15) is 29.6 Å². The van der Waals surface area contributed by atoms with Gasteiger partial charge in [-0.15, -0.1) is 0 Å². The molecule has 3 heterocycles. The van der Waals surface area contributed by atoms with E-state index in [2.05, 4.69) is 10.1 Å². The summed E-state index contributed by atoms with van der Waals surface area (Å²) in [5.74, 6) is -0.728. The summed E-state index contributed by atoms with van der Waals surface area (Å²) in [7, 11) is 0. The van der Waals surface area contributed by atoms with Crippen molar-refractivity contribution in [2.24, 2.45) is 0 Å². The first kappa shape index (κ1) is 22.5. The normalized spacial score (nSPS) is 11.2. The second kappa shape index (κ2) is 8.79. The minimum Gasteiger partial charge on any atom is -0.485 e. The molecule has 6 nitrogen and oxygen atoms in total. The van der Waals surface area contributed by atoms with Gasteiger partial charge in [-0.25, -0.2) is 18.4 Å². The number of hydrogen-bond donors (Lipinski definition) is 0. The quantitative estimate of drug-likeness (QED) is 0.347. The molecule has 0 unspecified atom stereocenters. The van der Waals surface area contributed by atoms with Crippen LogP contribution in [0.2, 0.25) is 0 Å². The summed E-state index contributed by atoms with van der Waals surface area (Å²) in [6.45, 7) is 5.77. The van der Waals surface area contributed by atoms with Crippen molar-refractivity contribution in [2.45, 2.75) is 27.4 Å². The summed E-state index contributed by atoms with van der Waals surface area (Å²) in [5, 5.41) is 4.41. The van der Waals surface area contributed by atoms with Crippen LogP contribution in [0.25, 0.3) is 22.6 Å². The number of halogens is 2. The molecule has 0 radical (unpaired) electrons. The van der Waals surface area contributed by atoms with Gasteiger partial charge in [-0.3, -0.25) is 9.20 Å². The van der Waals surface area contributed by atoms with Gasteiger partial charge in [0.15, 0.2) is 11.4 Å². The van der Waals surface area contributed by atoms with Crippen molar-refractivity contribution in [1.82, 2.24) is 19.2 Å². The van der Waals surface area contributed by atoms with Gasteiger partial charge in [-0.1, -0.05) is 29.8 Å². The van der Waals surface area contributed by atoms with Gasteiger partial charge >= 0.3 is 0 Å². The molecule has 0 aliphatic carbocycles. The van der Waals surface area contributed by atoms with Crippen LogP contribution in [-0.2, 0) is 6.61 Å². The monoisotopic (exact) mass is 472 g/mol. The van der Waals surface area contributed by atoms with Crippen LogP contribution in [0, 0.1) is 32.4 Å². The Hall–Kier alpha value is -4.33. The maximum atomic E-state index is 14.4. The Morgan fingerprint density at radius 3 is 2.60 bits per heavy atom. The minimum atomic E-state index is -0.621. The molecule has 0 saturated carbocycles. The van der Waals surface area contributed by atoms with Crippen molar-refractivity contribution < 1.29 is 13.5 Å². The molecule has 35 heavy (non-hydrogen) atoms. The average molecular weight is 472 g/mol. The van der Waals surface area contributed by atoms with Crippen LogP contribution in [0.15, 0.2) is 71.7 Å². The molecule has 0 aliphatic heterocycles. The number of hydrogen-bond acceptors (Lipinski definition) is 4. The molecule has 0 fully saturated rings. The van der Waals surface area contributed by atoms with Crippen molar-refractivity contribution in [3.63, 3.8) is 0 Å². The smallest absolute Gasteiger partial charge is 0.267 e. The molecule has 2 aromatic carbocycles. The number of rotatable bonds is 5. The number of fused-ring (bicyclic) bond motifs is 1. The van der Waals surface area contributed by atoms with Gasteiger partial charge in [0, 0.05) is 18.0 Å². The third kappa shape index (κ3) is 4.19. The van der Waals surface area contributed by atoms with Crippen molar-refractivity contribution in [1.29, 1.82) is 0 Å². The number of benzene rings is 2. The van der Waals surface area contributed by atoms with E-state index in [0.717, 1.165) is 29.3 Å². The first-order valence-corrected chi connectivity index (χ1v) is 11.0. The molecule has 0 N–H and O–H groups in total. The molecule has 0 aliphatic rings. The molecule has 0 atom stereocenters. The molecule has 176 valence electrons. The molecule has 8 heteroatoms. The fraction of sp³-hybridized carbons (Fsp3) is 0.148. The lowest BCUT2D eigenvalue weighted by Crippen LogP contribution is -2.19. The van der Waals surface area contributed by atoms with Crippen LogP contribution < -0.4 is 10.3 Å². The Balaban J connectivity index is 1.57. The zero-order valence-electron chi connectivity index (χ0n) is 19.4. The molecule has 0 saturated heterocycles. The van der Waals surface area contributed by atoms with E-state index in [0.29, 0.717) is 35.1 Å². The zero-order valence-corrected chi connectivity index (χ0v) is 19.4. The second-order valence-corrected chi connectivity index (χ2v) is 8.40. The fourth-order valence-electron chi connectivity index (χ4n) is 4.10. The van der Waals surface area contributed by atoms with Crippen LogP contribution in [0.5, 0.6) is 5.75 Å². The molecule has 0 amide bonds. The minimum absolute atomic E-state index is 0.0351. The average Bonchev–Trinajstić information content (AvgIpc) is 3.20. The number of nitrogens with zero attached hydrogens (tertiary/aromatic N) is 4. The largest absolute Gasteiger partial charge is 0.485 e. The summed E-state index contributed by atoms with van der Waals surface area (Å²) < 4.78 is 36.8. The first-order chi connectivity index (χ1) is 16.8. The van der Waals surface area contributed by atoms with Crippen LogP contribution in [0.1, 0.15) is 22.5 Å². The predicted octanol–water partition coefficient (Wildman–Crippen LogP) is 5.33. The van der Waals surface area contributed by atoms with Gasteiger partial charge in [-0.05, 0) is 56.7 Å². The maximum absolute atomic E-state index is 14.4. The highest BCUT2D eigenvalue weighted by atomic mass is 19.1. The molecule has 5 aromatic rings.